The minimum Gasteiger partial charge on any atom is -0.486 e. The van der Waals surface area contributed by atoms with Crippen LogP contribution in [0.1, 0.15) is 36.6 Å². The molecule has 1 atom stereocenters. The molecule has 0 aliphatic carbocycles. The second-order valence-corrected chi connectivity index (χ2v) is 7.11. The number of amides is 1. The van der Waals surface area contributed by atoms with Gasteiger partial charge in [0.05, 0.1) is 12.3 Å². The molecular weight excluding hydrogens is 356 g/mol. The van der Waals surface area contributed by atoms with Crippen molar-refractivity contribution in [2.75, 3.05) is 32.8 Å². The van der Waals surface area contributed by atoms with E-state index in [1.165, 1.54) is 19.3 Å². The average molecular weight is 382 g/mol. The molecule has 6 heteroatoms. The van der Waals surface area contributed by atoms with Crippen LogP contribution in [0.3, 0.4) is 0 Å². The van der Waals surface area contributed by atoms with E-state index in [1.807, 2.05) is 30.3 Å². The second-order valence-electron chi connectivity index (χ2n) is 7.11. The van der Waals surface area contributed by atoms with E-state index in [4.69, 9.17) is 13.9 Å². The van der Waals surface area contributed by atoms with Gasteiger partial charge >= 0.3 is 0 Å². The van der Waals surface area contributed by atoms with Gasteiger partial charge in [0.2, 0.25) is 5.91 Å². The van der Waals surface area contributed by atoms with Crippen LogP contribution < -0.4 is 14.8 Å². The highest BCUT2D eigenvalue weighted by Gasteiger charge is 2.24. The summed E-state index contributed by atoms with van der Waals surface area (Å²) in [7, 11) is 0. The average Bonchev–Trinajstić information content (AvgIpc) is 3.27. The summed E-state index contributed by atoms with van der Waals surface area (Å²) in [5.74, 6) is 2.24. The molecule has 0 radical (unpaired) electrons. The molecule has 1 aromatic carbocycles. The Morgan fingerprint density at radius 2 is 1.93 bits per heavy atom. The summed E-state index contributed by atoms with van der Waals surface area (Å²) < 4.78 is 16.7. The molecule has 1 unspecified atom stereocenters. The van der Waals surface area contributed by atoms with Crippen LogP contribution >= 0.6 is 0 Å². The Kier molecular flexibility index (Phi) is 5.97. The zero-order valence-corrected chi connectivity index (χ0v) is 15.9. The van der Waals surface area contributed by atoms with Crippen LogP contribution in [0, 0.1) is 0 Å². The smallest absolute Gasteiger partial charge is 0.244 e. The lowest BCUT2D eigenvalue weighted by atomic mass is 10.1. The monoisotopic (exact) mass is 382 g/mol. The summed E-state index contributed by atoms with van der Waals surface area (Å²) in [6, 6.07) is 9.62. The van der Waals surface area contributed by atoms with Gasteiger partial charge in [-0.25, -0.2) is 0 Å². The van der Waals surface area contributed by atoms with Crippen molar-refractivity contribution in [1.82, 2.24) is 10.2 Å². The molecule has 1 aromatic heterocycles. The largest absolute Gasteiger partial charge is 0.486 e. The van der Waals surface area contributed by atoms with Crippen molar-refractivity contribution in [2.45, 2.75) is 25.3 Å². The number of hydrogen-bond acceptors (Lipinski definition) is 5. The number of furan rings is 1. The molecule has 0 spiro atoms. The Hall–Kier alpha value is -2.73. The first-order valence-electron chi connectivity index (χ1n) is 9.92. The van der Waals surface area contributed by atoms with E-state index < -0.39 is 0 Å². The molecule has 1 saturated heterocycles. The van der Waals surface area contributed by atoms with Gasteiger partial charge in [0.15, 0.2) is 11.5 Å². The highest BCUT2D eigenvalue weighted by atomic mass is 16.6. The van der Waals surface area contributed by atoms with Gasteiger partial charge in [0.25, 0.3) is 0 Å². The zero-order valence-electron chi connectivity index (χ0n) is 15.9. The fourth-order valence-corrected chi connectivity index (χ4v) is 3.71. The van der Waals surface area contributed by atoms with Crippen molar-refractivity contribution >= 4 is 12.0 Å². The molecule has 1 fully saturated rings. The van der Waals surface area contributed by atoms with Crippen LogP contribution in [0.25, 0.3) is 6.08 Å². The fourth-order valence-electron chi connectivity index (χ4n) is 3.71. The van der Waals surface area contributed by atoms with E-state index in [9.17, 15) is 4.79 Å². The standard InChI is InChI=1S/C22H26N2O4/c25-22(9-7-17-6-8-20-21(15-17)28-14-13-27-20)23-16-18(19-5-4-12-26-19)24-10-2-1-3-11-24/h4-9,12,15,18H,1-3,10-11,13-14,16H2,(H,23,25)/b9-7+. The lowest BCUT2D eigenvalue weighted by molar-refractivity contribution is -0.116. The van der Waals surface area contributed by atoms with E-state index >= 15 is 0 Å². The fraction of sp³-hybridized carbons (Fsp3) is 0.409. The number of carbonyl (C=O) groups excluding carboxylic acids is 1. The predicted molar refractivity (Wildman–Crippen MR) is 106 cm³/mol. The molecule has 4 rings (SSSR count). The first kappa shape index (κ1) is 18.6. The third-order valence-electron chi connectivity index (χ3n) is 5.17. The summed E-state index contributed by atoms with van der Waals surface area (Å²) in [6.45, 7) is 3.71. The van der Waals surface area contributed by atoms with Crippen LogP contribution in [0.15, 0.2) is 47.1 Å². The molecule has 2 aliphatic rings. The van der Waals surface area contributed by atoms with E-state index in [-0.39, 0.29) is 11.9 Å². The molecule has 28 heavy (non-hydrogen) atoms. The summed E-state index contributed by atoms with van der Waals surface area (Å²) in [5, 5.41) is 3.02. The number of carbonyl (C=O) groups is 1. The van der Waals surface area contributed by atoms with Crippen LogP contribution in [0.5, 0.6) is 11.5 Å². The molecule has 2 aliphatic heterocycles. The Morgan fingerprint density at radius 1 is 1.11 bits per heavy atom. The summed E-state index contributed by atoms with van der Waals surface area (Å²) in [5.41, 5.74) is 0.901. The van der Waals surface area contributed by atoms with Crippen molar-refractivity contribution < 1.29 is 18.7 Å². The lowest BCUT2D eigenvalue weighted by Gasteiger charge is -2.33. The number of ether oxygens (including phenoxy) is 2. The molecule has 0 bridgehead atoms. The minimum atomic E-state index is -0.122. The number of nitrogens with one attached hydrogen (secondary N) is 1. The van der Waals surface area contributed by atoms with Crippen LogP contribution in [-0.2, 0) is 4.79 Å². The second kappa shape index (κ2) is 8.97. The van der Waals surface area contributed by atoms with Crippen molar-refractivity contribution in [3.8, 4) is 11.5 Å². The molecule has 0 saturated carbocycles. The Labute approximate surface area is 165 Å². The normalized spacial score (nSPS) is 18.1. The van der Waals surface area contributed by atoms with Gasteiger partial charge in [0, 0.05) is 12.6 Å². The zero-order chi connectivity index (χ0) is 19.2. The number of fused-ring (bicyclic) bond motifs is 1. The van der Waals surface area contributed by atoms with Gasteiger partial charge in [-0.3, -0.25) is 9.69 Å². The molecule has 148 valence electrons. The minimum absolute atomic E-state index is 0.0712. The summed E-state index contributed by atoms with van der Waals surface area (Å²) >= 11 is 0. The van der Waals surface area contributed by atoms with Crippen molar-refractivity contribution in [3.05, 3.63) is 54.0 Å². The maximum atomic E-state index is 12.4. The quantitative estimate of drug-likeness (QED) is 0.776. The number of piperidine rings is 1. The lowest BCUT2D eigenvalue weighted by Crippen LogP contribution is -2.40. The Morgan fingerprint density at radius 3 is 2.71 bits per heavy atom. The number of nitrogens with zero attached hydrogens (tertiary/aromatic N) is 1. The summed E-state index contributed by atoms with van der Waals surface area (Å²) in [4.78, 5) is 14.8. The summed E-state index contributed by atoms with van der Waals surface area (Å²) in [6.07, 6.45) is 8.68. The number of hydrogen-bond donors (Lipinski definition) is 1. The van der Waals surface area contributed by atoms with Gasteiger partial charge in [-0.15, -0.1) is 0 Å². The first-order valence-corrected chi connectivity index (χ1v) is 9.92. The van der Waals surface area contributed by atoms with Gasteiger partial charge in [-0.05, 0) is 61.8 Å². The van der Waals surface area contributed by atoms with E-state index in [0.717, 1.165) is 35.9 Å². The maximum Gasteiger partial charge on any atom is 0.244 e. The molecule has 3 heterocycles. The highest BCUT2D eigenvalue weighted by molar-refractivity contribution is 5.91. The van der Waals surface area contributed by atoms with Crippen LogP contribution in [0.2, 0.25) is 0 Å². The van der Waals surface area contributed by atoms with Gasteiger partial charge < -0.3 is 19.2 Å². The van der Waals surface area contributed by atoms with Gasteiger partial charge in [0.1, 0.15) is 19.0 Å². The van der Waals surface area contributed by atoms with E-state index in [2.05, 4.69) is 10.2 Å². The molecular formula is C22H26N2O4. The van der Waals surface area contributed by atoms with Gasteiger partial charge in [-0.1, -0.05) is 12.5 Å². The highest BCUT2D eigenvalue weighted by Crippen LogP contribution is 2.31. The maximum absolute atomic E-state index is 12.4. The Balaban J connectivity index is 1.36. The van der Waals surface area contributed by atoms with Gasteiger partial charge in [-0.2, -0.15) is 0 Å². The Bertz CT molecular complexity index is 810. The van der Waals surface area contributed by atoms with Crippen LogP contribution in [-0.4, -0.2) is 43.7 Å². The first-order chi connectivity index (χ1) is 13.8. The molecule has 1 amide bonds. The number of benzene rings is 1. The third kappa shape index (κ3) is 4.57. The van der Waals surface area contributed by atoms with Crippen LogP contribution in [0.4, 0.5) is 0 Å². The third-order valence-corrected chi connectivity index (χ3v) is 5.17. The van der Waals surface area contributed by atoms with Crippen molar-refractivity contribution in [2.24, 2.45) is 0 Å². The number of likely N-dealkylation sites (tertiary alicyclic amines) is 1. The topological polar surface area (TPSA) is 63.9 Å². The van der Waals surface area contributed by atoms with Crippen molar-refractivity contribution in [1.29, 1.82) is 0 Å². The SMILES string of the molecule is O=C(/C=C/c1ccc2c(c1)OCCO2)NCC(c1ccco1)N1CCCCC1. The molecule has 2 aromatic rings. The molecule has 1 N–H and O–H groups in total. The molecule has 6 nitrogen and oxygen atoms in total. The predicted octanol–water partition coefficient (Wildman–Crippen LogP) is 3.41. The van der Waals surface area contributed by atoms with Crippen molar-refractivity contribution in [3.63, 3.8) is 0 Å². The number of rotatable bonds is 6. The van der Waals surface area contributed by atoms with E-state index in [0.29, 0.717) is 19.8 Å². The van der Waals surface area contributed by atoms with E-state index in [1.54, 1.807) is 18.4 Å².